The molecule has 10 heteroatoms. The topological polar surface area (TPSA) is 79.0 Å². The second-order valence-corrected chi connectivity index (χ2v) is 9.15. The summed E-state index contributed by atoms with van der Waals surface area (Å²) in [6.07, 6.45) is 0. The second-order valence-electron chi connectivity index (χ2n) is 6.62. The zero-order valence-corrected chi connectivity index (χ0v) is 18.1. The summed E-state index contributed by atoms with van der Waals surface area (Å²) < 4.78 is 44.4. The Morgan fingerprint density at radius 3 is 2.45 bits per heavy atom. The normalized spacial score (nSPS) is 11.7. The average Bonchev–Trinajstić information content (AvgIpc) is 2.63. The number of benzene rings is 2. The SMILES string of the molecule is COc1ccc(CN(C)CC(=O)Nc2ccc(Cl)c(S(=O)(=O)N(C)C)c2)cc1F. The number of carbonyl (C=O) groups excluding carboxylic acids is 1. The lowest BCUT2D eigenvalue weighted by Gasteiger charge is -2.17. The molecule has 1 amide bonds. The van der Waals surface area contributed by atoms with E-state index in [4.69, 9.17) is 16.3 Å². The molecule has 2 rings (SSSR count). The number of hydrogen-bond donors (Lipinski definition) is 1. The van der Waals surface area contributed by atoms with Gasteiger partial charge in [0, 0.05) is 26.3 Å². The molecule has 1 N–H and O–H groups in total. The lowest BCUT2D eigenvalue weighted by atomic mass is 10.2. The molecule has 2 aromatic rings. The van der Waals surface area contributed by atoms with Crippen LogP contribution in [0.25, 0.3) is 0 Å². The second kappa shape index (κ2) is 9.53. The Kier molecular flexibility index (Phi) is 7.59. The van der Waals surface area contributed by atoms with Gasteiger partial charge >= 0.3 is 0 Å². The van der Waals surface area contributed by atoms with Gasteiger partial charge in [0.2, 0.25) is 15.9 Å². The van der Waals surface area contributed by atoms with Crippen molar-refractivity contribution in [3.05, 3.63) is 52.8 Å². The first kappa shape index (κ1) is 23.1. The number of carbonyl (C=O) groups is 1. The van der Waals surface area contributed by atoms with Gasteiger partial charge < -0.3 is 10.1 Å². The van der Waals surface area contributed by atoms with E-state index in [-0.39, 0.29) is 28.1 Å². The van der Waals surface area contributed by atoms with Gasteiger partial charge in [0.1, 0.15) is 4.90 Å². The standard InChI is InChI=1S/C19H23ClFN3O4S/c1-23(2)29(26,27)18-10-14(6-7-15(18)20)22-19(25)12-24(3)11-13-5-8-17(28-4)16(21)9-13/h5-10H,11-12H2,1-4H3,(H,22,25). The predicted molar refractivity (Wildman–Crippen MR) is 110 cm³/mol. The highest BCUT2D eigenvalue weighted by Gasteiger charge is 2.21. The van der Waals surface area contributed by atoms with Gasteiger partial charge in [0.15, 0.2) is 11.6 Å². The number of ether oxygens (including phenoxy) is 1. The maximum Gasteiger partial charge on any atom is 0.244 e. The summed E-state index contributed by atoms with van der Waals surface area (Å²) in [7, 11) is 2.15. The number of nitrogens with zero attached hydrogens (tertiary/aromatic N) is 2. The van der Waals surface area contributed by atoms with Gasteiger partial charge in [-0.3, -0.25) is 9.69 Å². The summed E-state index contributed by atoms with van der Waals surface area (Å²) in [6.45, 7) is 0.362. The highest BCUT2D eigenvalue weighted by atomic mass is 35.5. The molecular weight excluding hydrogens is 421 g/mol. The molecule has 0 aliphatic carbocycles. The Labute approximate surface area is 175 Å². The lowest BCUT2D eigenvalue weighted by Crippen LogP contribution is -2.30. The van der Waals surface area contributed by atoms with E-state index in [0.29, 0.717) is 17.8 Å². The smallest absolute Gasteiger partial charge is 0.244 e. The van der Waals surface area contributed by atoms with Crippen molar-refractivity contribution >= 4 is 33.2 Å². The van der Waals surface area contributed by atoms with Crippen LogP contribution in [0.5, 0.6) is 5.75 Å². The molecule has 2 aromatic carbocycles. The molecule has 29 heavy (non-hydrogen) atoms. The van der Waals surface area contributed by atoms with E-state index in [0.717, 1.165) is 4.31 Å². The van der Waals surface area contributed by atoms with E-state index in [9.17, 15) is 17.6 Å². The van der Waals surface area contributed by atoms with E-state index < -0.39 is 15.8 Å². The molecule has 158 valence electrons. The van der Waals surface area contributed by atoms with Crippen LogP contribution < -0.4 is 10.1 Å². The Hall–Kier alpha value is -2.20. The first-order chi connectivity index (χ1) is 13.5. The maximum atomic E-state index is 13.8. The van der Waals surface area contributed by atoms with Crippen LogP contribution in [0.3, 0.4) is 0 Å². The molecule has 0 bridgehead atoms. The van der Waals surface area contributed by atoms with Gasteiger partial charge in [0.25, 0.3) is 0 Å². The van der Waals surface area contributed by atoms with E-state index in [2.05, 4.69) is 5.32 Å². The minimum absolute atomic E-state index is 0.0199. The van der Waals surface area contributed by atoms with Crippen LogP contribution in [0.1, 0.15) is 5.56 Å². The first-order valence-electron chi connectivity index (χ1n) is 8.57. The van der Waals surface area contributed by atoms with Crippen molar-refractivity contribution in [2.24, 2.45) is 0 Å². The van der Waals surface area contributed by atoms with E-state index in [1.165, 1.54) is 51.5 Å². The highest BCUT2D eigenvalue weighted by molar-refractivity contribution is 7.89. The summed E-state index contributed by atoms with van der Waals surface area (Å²) in [5.41, 5.74) is 0.994. The fourth-order valence-electron chi connectivity index (χ4n) is 2.60. The van der Waals surface area contributed by atoms with Crippen molar-refractivity contribution in [3.8, 4) is 5.75 Å². The highest BCUT2D eigenvalue weighted by Crippen LogP contribution is 2.27. The van der Waals surface area contributed by atoms with E-state index in [1.807, 2.05) is 0 Å². The number of likely N-dealkylation sites (N-methyl/N-ethyl adjacent to an activating group) is 1. The molecule has 0 fully saturated rings. The molecule has 0 aliphatic heterocycles. The third-order valence-electron chi connectivity index (χ3n) is 4.06. The Bertz CT molecular complexity index is 999. The van der Waals surface area contributed by atoms with Crippen LogP contribution >= 0.6 is 11.6 Å². The van der Waals surface area contributed by atoms with Crippen LogP contribution in [0.2, 0.25) is 5.02 Å². The molecule has 0 unspecified atom stereocenters. The number of sulfonamides is 1. The van der Waals surface area contributed by atoms with Gasteiger partial charge in [-0.1, -0.05) is 17.7 Å². The Balaban J connectivity index is 2.04. The Morgan fingerprint density at radius 2 is 1.86 bits per heavy atom. The molecule has 0 heterocycles. The molecule has 0 saturated heterocycles. The van der Waals surface area contributed by atoms with Crippen LogP contribution in [0.15, 0.2) is 41.3 Å². The fourth-order valence-corrected chi connectivity index (χ4v) is 3.99. The summed E-state index contributed by atoms with van der Waals surface area (Å²) in [5.74, 6) is -0.670. The maximum absolute atomic E-state index is 13.8. The summed E-state index contributed by atoms with van der Waals surface area (Å²) in [4.78, 5) is 13.9. The molecule has 7 nitrogen and oxygen atoms in total. The van der Waals surface area contributed by atoms with Crippen molar-refractivity contribution in [2.75, 3.05) is 40.1 Å². The van der Waals surface area contributed by atoms with E-state index in [1.54, 1.807) is 18.0 Å². The zero-order valence-electron chi connectivity index (χ0n) is 16.6. The molecule has 0 aliphatic rings. The van der Waals surface area contributed by atoms with Gasteiger partial charge in [-0.25, -0.2) is 17.1 Å². The van der Waals surface area contributed by atoms with Crippen molar-refractivity contribution in [1.29, 1.82) is 0 Å². The zero-order chi connectivity index (χ0) is 21.8. The van der Waals surface area contributed by atoms with Crippen LogP contribution in [-0.4, -0.2) is 58.3 Å². The fraction of sp³-hybridized carbons (Fsp3) is 0.316. The quantitative estimate of drug-likeness (QED) is 0.678. The number of halogens is 2. The van der Waals surface area contributed by atoms with E-state index >= 15 is 0 Å². The van der Waals surface area contributed by atoms with Gasteiger partial charge in [-0.2, -0.15) is 0 Å². The third-order valence-corrected chi connectivity index (χ3v) is 6.35. The summed E-state index contributed by atoms with van der Waals surface area (Å²) in [6, 6.07) is 8.84. The minimum atomic E-state index is -3.75. The van der Waals surface area contributed by atoms with Crippen molar-refractivity contribution in [1.82, 2.24) is 9.21 Å². The number of anilines is 1. The number of rotatable bonds is 8. The summed E-state index contributed by atoms with van der Waals surface area (Å²) in [5, 5.41) is 2.72. The molecule has 0 aromatic heterocycles. The first-order valence-corrected chi connectivity index (χ1v) is 10.4. The number of methoxy groups -OCH3 is 1. The Morgan fingerprint density at radius 1 is 1.17 bits per heavy atom. The lowest BCUT2D eigenvalue weighted by molar-refractivity contribution is -0.117. The van der Waals surface area contributed by atoms with Crippen molar-refractivity contribution in [2.45, 2.75) is 11.4 Å². The molecular formula is C19H23ClFN3O4S. The average molecular weight is 444 g/mol. The van der Waals surface area contributed by atoms with Crippen LogP contribution in [0.4, 0.5) is 10.1 Å². The largest absolute Gasteiger partial charge is 0.494 e. The minimum Gasteiger partial charge on any atom is -0.494 e. The number of amides is 1. The van der Waals surface area contributed by atoms with Gasteiger partial charge in [0.05, 0.1) is 18.7 Å². The third kappa shape index (κ3) is 5.89. The molecule has 0 atom stereocenters. The number of nitrogens with one attached hydrogen (secondary N) is 1. The molecule has 0 radical (unpaired) electrons. The van der Waals surface area contributed by atoms with Crippen LogP contribution in [0, 0.1) is 5.82 Å². The summed E-state index contributed by atoms with van der Waals surface area (Å²) >= 11 is 6.00. The van der Waals surface area contributed by atoms with Crippen molar-refractivity contribution in [3.63, 3.8) is 0 Å². The molecule has 0 spiro atoms. The van der Waals surface area contributed by atoms with Gasteiger partial charge in [-0.05, 0) is 42.9 Å². The van der Waals surface area contributed by atoms with Gasteiger partial charge in [-0.15, -0.1) is 0 Å². The monoisotopic (exact) mass is 443 g/mol. The van der Waals surface area contributed by atoms with Crippen LogP contribution in [-0.2, 0) is 21.4 Å². The predicted octanol–water partition coefficient (Wildman–Crippen LogP) is 2.81. The number of hydrogen-bond acceptors (Lipinski definition) is 5. The van der Waals surface area contributed by atoms with Crippen molar-refractivity contribution < 1.29 is 22.3 Å². The molecule has 0 saturated carbocycles.